The summed E-state index contributed by atoms with van der Waals surface area (Å²) in [5, 5.41) is 12.4. The molecule has 0 aromatic heterocycles. The number of aliphatic hydroxyl groups is 1. The maximum absolute atomic E-state index is 13.1. The topological polar surface area (TPSA) is 98.9 Å². The number of likely N-dealkylation sites (tertiary alicyclic amines) is 1. The fourth-order valence-corrected chi connectivity index (χ4v) is 3.74. The van der Waals surface area contributed by atoms with Gasteiger partial charge in [-0.05, 0) is 23.6 Å². The molecule has 4 N–H and O–H groups in total. The number of nitrogens with two attached hydrogens (primary N) is 1. The van der Waals surface area contributed by atoms with E-state index in [-0.39, 0.29) is 24.5 Å². The summed E-state index contributed by atoms with van der Waals surface area (Å²) in [6, 6.07) is 16.3. The molecule has 2 atom stereocenters. The number of rotatable bonds is 7. The highest BCUT2D eigenvalue weighted by atomic mass is 16.3. The summed E-state index contributed by atoms with van der Waals surface area (Å²) < 4.78 is 0. The Morgan fingerprint density at radius 3 is 2.55 bits per heavy atom. The summed E-state index contributed by atoms with van der Waals surface area (Å²) in [6.45, 7) is 2.10. The first-order valence-corrected chi connectivity index (χ1v) is 9.79. The molecule has 154 valence electrons. The first-order chi connectivity index (χ1) is 13.9. The number of hydrogen-bond donors (Lipinski definition) is 3. The molecule has 1 fully saturated rings. The van der Waals surface area contributed by atoms with Gasteiger partial charge >= 0.3 is 6.03 Å². The van der Waals surface area contributed by atoms with Gasteiger partial charge in [-0.3, -0.25) is 9.69 Å². The van der Waals surface area contributed by atoms with Crippen LogP contribution >= 0.6 is 0 Å². The van der Waals surface area contributed by atoms with Crippen LogP contribution < -0.4 is 11.1 Å². The van der Waals surface area contributed by atoms with Crippen molar-refractivity contribution in [3.63, 3.8) is 0 Å². The van der Waals surface area contributed by atoms with Gasteiger partial charge in [0.05, 0.1) is 18.6 Å². The number of urea groups is 1. The minimum Gasteiger partial charge on any atom is -0.392 e. The van der Waals surface area contributed by atoms with Crippen molar-refractivity contribution in [2.45, 2.75) is 25.0 Å². The molecule has 3 amide bonds. The highest BCUT2D eigenvalue weighted by Gasteiger charge is 2.28. The van der Waals surface area contributed by atoms with Gasteiger partial charge < -0.3 is 21.1 Å². The molecule has 1 saturated heterocycles. The van der Waals surface area contributed by atoms with Gasteiger partial charge in [-0.25, -0.2) is 4.79 Å². The number of likely N-dealkylation sites (N-methyl/N-ethyl adjacent to an activating group) is 1. The molecule has 29 heavy (non-hydrogen) atoms. The van der Waals surface area contributed by atoms with Crippen molar-refractivity contribution in [2.24, 2.45) is 5.73 Å². The minimum atomic E-state index is -0.659. The molecule has 0 radical (unpaired) electrons. The molecule has 0 bridgehead atoms. The van der Waals surface area contributed by atoms with Crippen LogP contribution in [0, 0.1) is 0 Å². The van der Waals surface area contributed by atoms with Gasteiger partial charge in [0.2, 0.25) is 5.91 Å². The summed E-state index contributed by atoms with van der Waals surface area (Å²) in [5.74, 6) is -0.0580. The lowest BCUT2D eigenvalue weighted by molar-refractivity contribution is -0.131. The van der Waals surface area contributed by atoms with E-state index in [0.29, 0.717) is 24.3 Å². The van der Waals surface area contributed by atoms with Crippen LogP contribution in [0.15, 0.2) is 54.6 Å². The van der Waals surface area contributed by atoms with E-state index in [1.54, 1.807) is 24.1 Å². The number of hydrogen-bond acceptors (Lipinski definition) is 4. The normalized spacial score (nSPS) is 17.7. The number of aliphatic hydroxyl groups excluding tert-OH is 1. The number of primary amides is 1. The van der Waals surface area contributed by atoms with Crippen molar-refractivity contribution < 1.29 is 14.7 Å². The van der Waals surface area contributed by atoms with Crippen molar-refractivity contribution in [1.82, 2.24) is 9.80 Å². The lowest BCUT2D eigenvalue weighted by atomic mass is 10.0. The van der Waals surface area contributed by atoms with Gasteiger partial charge in [0.15, 0.2) is 0 Å². The van der Waals surface area contributed by atoms with E-state index in [2.05, 4.69) is 10.2 Å². The van der Waals surface area contributed by atoms with Crippen LogP contribution in [0.2, 0.25) is 0 Å². The Hall–Kier alpha value is -2.90. The molecule has 0 spiro atoms. The monoisotopic (exact) mass is 396 g/mol. The number of carbonyl (C=O) groups is 2. The maximum Gasteiger partial charge on any atom is 0.316 e. The Morgan fingerprint density at radius 1 is 1.21 bits per heavy atom. The number of nitrogens with one attached hydrogen (secondary N) is 1. The largest absolute Gasteiger partial charge is 0.392 e. The Bertz CT molecular complexity index is 843. The third-order valence-corrected chi connectivity index (χ3v) is 5.34. The summed E-state index contributed by atoms with van der Waals surface area (Å²) >= 11 is 0. The molecular formula is C22H28N4O3. The highest BCUT2D eigenvalue weighted by Crippen LogP contribution is 2.25. The highest BCUT2D eigenvalue weighted by molar-refractivity contribution is 5.90. The fraction of sp³-hybridized carbons (Fsp3) is 0.364. The standard InChI is InChI=1S/C22H28N4O3/c1-25(21(28)13-17-9-5-6-10-19(17)24-22(23)29)20(16-7-3-2-4-8-16)15-26-12-11-18(27)14-26/h2-10,18,20,27H,11-15H2,1H3,(H3,23,24,29)/t18?,20-/m0/s1. The van der Waals surface area contributed by atoms with Crippen LogP contribution in [0.5, 0.6) is 0 Å². The number of para-hydroxylation sites is 1. The van der Waals surface area contributed by atoms with Crippen molar-refractivity contribution in [2.75, 3.05) is 32.0 Å². The zero-order valence-electron chi connectivity index (χ0n) is 16.6. The number of carbonyl (C=O) groups excluding carboxylic acids is 2. The van der Waals surface area contributed by atoms with Crippen LogP contribution in [0.1, 0.15) is 23.6 Å². The first kappa shape index (κ1) is 20.8. The van der Waals surface area contributed by atoms with Crippen molar-refractivity contribution >= 4 is 17.6 Å². The number of anilines is 1. The lowest BCUT2D eigenvalue weighted by Gasteiger charge is -2.32. The second-order valence-electron chi connectivity index (χ2n) is 7.46. The molecule has 2 aromatic rings. The lowest BCUT2D eigenvalue weighted by Crippen LogP contribution is -2.39. The van der Waals surface area contributed by atoms with E-state index in [0.717, 1.165) is 18.5 Å². The average molecular weight is 396 g/mol. The third-order valence-electron chi connectivity index (χ3n) is 5.34. The second kappa shape index (κ2) is 9.54. The third kappa shape index (κ3) is 5.56. The predicted octanol–water partition coefficient (Wildman–Crippen LogP) is 1.99. The molecule has 1 unspecified atom stereocenters. The van der Waals surface area contributed by atoms with E-state index in [4.69, 9.17) is 5.73 Å². The predicted molar refractivity (Wildman–Crippen MR) is 112 cm³/mol. The Kier molecular flexibility index (Phi) is 6.85. The van der Waals surface area contributed by atoms with Gasteiger partial charge in [-0.2, -0.15) is 0 Å². The molecule has 0 saturated carbocycles. The summed E-state index contributed by atoms with van der Waals surface area (Å²) in [5.41, 5.74) is 7.55. The van der Waals surface area contributed by atoms with Gasteiger partial charge in [0.25, 0.3) is 0 Å². The smallest absolute Gasteiger partial charge is 0.316 e. The van der Waals surface area contributed by atoms with Gasteiger partial charge in [-0.15, -0.1) is 0 Å². The molecule has 0 aliphatic carbocycles. The Labute approximate surface area is 171 Å². The molecule has 1 aliphatic heterocycles. The average Bonchev–Trinajstić information content (AvgIpc) is 3.12. The second-order valence-corrected chi connectivity index (χ2v) is 7.46. The first-order valence-electron chi connectivity index (χ1n) is 9.79. The number of β-amino-alcohol motifs (C(OH)–C–C–N with tert-alkyl or cyclic N) is 1. The summed E-state index contributed by atoms with van der Waals surface area (Å²) in [4.78, 5) is 28.3. The van der Waals surface area contributed by atoms with Gasteiger partial charge in [-0.1, -0.05) is 48.5 Å². The Balaban J connectivity index is 1.77. The number of amides is 3. The van der Waals surface area contributed by atoms with Crippen LogP contribution in [0.4, 0.5) is 10.5 Å². The number of benzene rings is 2. The van der Waals surface area contributed by atoms with Crippen molar-refractivity contribution in [3.8, 4) is 0 Å². The zero-order valence-corrected chi connectivity index (χ0v) is 16.6. The van der Waals surface area contributed by atoms with Crippen LogP contribution in [0.25, 0.3) is 0 Å². The molecule has 1 heterocycles. The Morgan fingerprint density at radius 2 is 1.90 bits per heavy atom. The van der Waals surface area contributed by atoms with E-state index in [1.165, 1.54) is 0 Å². The van der Waals surface area contributed by atoms with E-state index >= 15 is 0 Å². The quantitative estimate of drug-likeness (QED) is 0.666. The minimum absolute atomic E-state index is 0.0580. The summed E-state index contributed by atoms with van der Waals surface area (Å²) in [7, 11) is 1.80. The molecule has 7 heteroatoms. The SMILES string of the molecule is CN(C(=O)Cc1ccccc1NC(N)=O)[C@@H](CN1CCC(O)C1)c1ccccc1. The van der Waals surface area contributed by atoms with Gasteiger partial charge in [0.1, 0.15) is 0 Å². The van der Waals surface area contributed by atoms with Crippen LogP contribution in [-0.2, 0) is 11.2 Å². The maximum atomic E-state index is 13.1. The molecule has 1 aliphatic rings. The van der Waals surface area contributed by atoms with Crippen molar-refractivity contribution in [3.05, 3.63) is 65.7 Å². The van der Waals surface area contributed by atoms with E-state index < -0.39 is 6.03 Å². The van der Waals surface area contributed by atoms with E-state index in [1.807, 2.05) is 42.5 Å². The molecular weight excluding hydrogens is 368 g/mol. The van der Waals surface area contributed by atoms with E-state index in [9.17, 15) is 14.7 Å². The summed E-state index contributed by atoms with van der Waals surface area (Å²) in [6.07, 6.45) is 0.601. The van der Waals surface area contributed by atoms with Crippen LogP contribution in [0.3, 0.4) is 0 Å². The molecule has 2 aromatic carbocycles. The van der Waals surface area contributed by atoms with Crippen LogP contribution in [-0.4, -0.2) is 59.6 Å². The molecule has 3 rings (SSSR count). The number of nitrogens with zero attached hydrogens (tertiary/aromatic N) is 2. The van der Waals surface area contributed by atoms with Crippen molar-refractivity contribution in [1.29, 1.82) is 0 Å². The zero-order chi connectivity index (χ0) is 20.8. The molecule has 7 nitrogen and oxygen atoms in total. The fourth-order valence-electron chi connectivity index (χ4n) is 3.74. The van der Waals surface area contributed by atoms with Gasteiger partial charge in [0, 0.05) is 32.4 Å².